The fourth-order valence-electron chi connectivity index (χ4n) is 1.41. The number of halogens is 1. The van der Waals surface area contributed by atoms with Crippen LogP contribution in [0.15, 0.2) is 24.5 Å². The fraction of sp³-hybridized carbons (Fsp3) is 0.300. The molecule has 0 bridgehead atoms. The molecule has 0 radical (unpaired) electrons. The first kappa shape index (κ1) is 8.57. The minimum absolute atomic E-state index is 0.420. The highest BCUT2D eigenvalue weighted by molar-refractivity contribution is 6.31. The highest BCUT2D eigenvalue weighted by Gasteiger charge is 2.04. The summed E-state index contributed by atoms with van der Waals surface area (Å²) in [6.07, 6.45) is 1.85. The molecule has 2 rings (SSSR count). The summed E-state index contributed by atoms with van der Waals surface area (Å²) >= 11 is 5.91. The average molecular weight is 195 g/mol. The van der Waals surface area contributed by atoms with E-state index in [-0.39, 0.29) is 0 Å². The predicted octanol–water partition coefficient (Wildman–Crippen LogP) is 3.27. The summed E-state index contributed by atoms with van der Waals surface area (Å²) in [5.41, 5.74) is 2.10. The van der Waals surface area contributed by atoms with Crippen molar-refractivity contribution in [2.45, 2.75) is 19.9 Å². The van der Waals surface area contributed by atoms with Gasteiger partial charge in [0, 0.05) is 11.1 Å². The quantitative estimate of drug-likeness (QED) is 0.682. The van der Waals surface area contributed by atoms with Gasteiger partial charge >= 0.3 is 0 Å². The molecule has 0 saturated carbocycles. The Hall–Kier alpha value is -1.02. The van der Waals surface area contributed by atoms with E-state index in [0.717, 1.165) is 16.1 Å². The van der Waals surface area contributed by atoms with Gasteiger partial charge in [0.25, 0.3) is 0 Å². The summed E-state index contributed by atoms with van der Waals surface area (Å²) in [4.78, 5) is 4.29. The summed E-state index contributed by atoms with van der Waals surface area (Å²) in [6, 6.07) is 6.17. The number of hydrogen-bond donors (Lipinski definition) is 0. The second-order valence-electron chi connectivity index (χ2n) is 3.38. The molecule has 3 heteroatoms. The van der Waals surface area contributed by atoms with E-state index in [1.165, 1.54) is 0 Å². The third-order valence-corrected chi connectivity index (χ3v) is 2.33. The monoisotopic (exact) mass is 194 g/mol. The molecule has 0 N–H and O–H groups in total. The van der Waals surface area contributed by atoms with Crippen LogP contribution in [0.1, 0.15) is 19.9 Å². The molecule has 0 saturated heterocycles. The molecular weight excluding hydrogens is 184 g/mol. The lowest BCUT2D eigenvalue weighted by Gasteiger charge is -2.07. The lowest BCUT2D eigenvalue weighted by atomic mass is 10.3. The van der Waals surface area contributed by atoms with Crippen molar-refractivity contribution < 1.29 is 0 Å². The van der Waals surface area contributed by atoms with Crippen LogP contribution >= 0.6 is 11.6 Å². The summed E-state index contributed by atoms with van der Waals surface area (Å²) in [5, 5.41) is 0.759. The van der Waals surface area contributed by atoms with Crippen LogP contribution in [0.4, 0.5) is 0 Å². The fourth-order valence-corrected chi connectivity index (χ4v) is 1.58. The first-order valence-electron chi connectivity index (χ1n) is 4.30. The molecule has 0 aliphatic heterocycles. The van der Waals surface area contributed by atoms with E-state index >= 15 is 0 Å². The number of aromatic nitrogens is 2. The van der Waals surface area contributed by atoms with Crippen LogP contribution in [-0.4, -0.2) is 9.55 Å². The number of benzene rings is 1. The van der Waals surface area contributed by atoms with Crippen molar-refractivity contribution in [3.05, 3.63) is 29.5 Å². The lowest BCUT2D eigenvalue weighted by molar-refractivity contribution is 0.617. The summed E-state index contributed by atoms with van der Waals surface area (Å²) in [6.45, 7) is 4.25. The second kappa shape index (κ2) is 3.04. The van der Waals surface area contributed by atoms with Gasteiger partial charge in [-0.05, 0) is 32.0 Å². The Morgan fingerprint density at radius 3 is 2.85 bits per heavy atom. The summed E-state index contributed by atoms with van der Waals surface area (Å²) in [7, 11) is 0. The summed E-state index contributed by atoms with van der Waals surface area (Å²) < 4.78 is 2.11. The van der Waals surface area contributed by atoms with Crippen LogP contribution in [0.5, 0.6) is 0 Å². The molecule has 0 fully saturated rings. The van der Waals surface area contributed by atoms with Gasteiger partial charge in [-0.2, -0.15) is 0 Å². The van der Waals surface area contributed by atoms with Crippen molar-refractivity contribution in [3.63, 3.8) is 0 Å². The molecule has 0 aliphatic carbocycles. The third kappa shape index (κ3) is 1.42. The number of nitrogens with zero attached hydrogens (tertiary/aromatic N) is 2. The molecule has 2 aromatic rings. The van der Waals surface area contributed by atoms with Crippen LogP contribution in [0.3, 0.4) is 0 Å². The number of hydrogen-bond acceptors (Lipinski definition) is 1. The van der Waals surface area contributed by atoms with Gasteiger partial charge in [0.05, 0.1) is 17.4 Å². The number of imidazole rings is 1. The SMILES string of the molecule is CC(C)n1cnc2ccc(Cl)cc21. The Morgan fingerprint density at radius 2 is 2.15 bits per heavy atom. The normalized spacial score (nSPS) is 11.4. The van der Waals surface area contributed by atoms with E-state index < -0.39 is 0 Å². The Bertz CT molecular complexity index is 431. The van der Waals surface area contributed by atoms with E-state index in [4.69, 9.17) is 11.6 Å². The van der Waals surface area contributed by atoms with Gasteiger partial charge in [0.15, 0.2) is 0 Å². The Labute approximate surface area is 82.1 Å². The molecule has 0 amide bonds. The number of fused-ring (bicyclic) bond motifs is 1. The average Bonchev–Trinajstić information content (AvgIpc) is 2.46. The van der Waals surface area contributed by atoms with E-state index in [1.807, 2.05) is 24.5 Å². The van der Waals surface area contributed by atoms with E-state index in [0.29, 0.717) is 6.04 Å². The maximum Gasteiger partial charge on any atom is 0.0960 e. The molecular formula is C10H11ClN2. The smallest absolute Gasteiger partial charge is 0.0960 e. The Balaban J connectivity index is 2.71. The van der Waals surface area contributed by atoms with Gasteiger partial charge in [-0.15, -0.1) is 0 Å². The lowest BCUT2D eigenvalue weighted by Crippen LogP contribution is -1.97. The molecule has 0 aliphatic rings. The van der Waals surface area contributed by atoms with Crippen molar-refractivity contribution >= 4 is 22.6 Å². The van der Waals surface area contributed by atoms with E-state index in [9.17, 15) is 0 Å². The Morgan fingerprint density at radius 1 is 1.38 bits per heavy atom. The van der Waals surface area contributed by atoms with Gasteiger partial charge in [-0.3, -0.25) is 0 Å². The van der Waals surface area contributed by atoms with Crippen LogP contribution in [-0.2, 0) is 0 Å². The molecule has 0 unspecified atom stereocenters. The van der Waals surface area contributed by atoms with E-state index in [1.54, 1.807) is 0 Å². The zero-order valence-corrected chi connectivity index (χ0v) is 8.42. The molecule has 1 aromatic heterocycles. The first-order chi connectivity index (χ1) is 6.18. The van der Waals surface area contributed by atoms with Gasteiger partial charge in [-0.1, -0.05) is 11.6 Å². The maximum atomic E-state index is 5.91. The molecule has 2 nitrogen and oxygen atoms in total. The molecule has 1 aromatic carbocycles. The minimum atomic E-state index is 0.420. The number of rotatable bonds is 1. The molecule has 1 heterocycles. The van der Waals surface area contributed by atoms with Crippen LogP contribution in [0.2, 0.25) is 5.02 Å². The van der Waals surface area contributed by atoms with Crippen molar-refractivity contribution in [2.75, 3.05) is 0 Å². The third-order valence-electron chi connectivity index (χ3n) is 2.09. The zero-order chi connectivity index (χ0) is 9.42. The maximum absolute atomic E-state index is 5.91. The van der Waals surface area contributed by atoms with Crippen molar-refractivity contribution in [3.8, 4) is 0 Å². The highest BCUT2D eigenvalue weighted by Crippen LogP contribution is 2.20. The van der Waals surface area contributed by atoms with Crippen molar-refractivity contribution in [1.29, 1.82) is 0 Å². The standard InChI is InChI=1S/C10H11ClN2/c1-7(2)13-6-12-9-4-3-8(11)5-10(9)13/h3-7H,1-2H3. The second-order valence-corrected chi connectivity index (χ2v) is 3.82. The van der Waals surface area contributed by atoms with Crippen molar-refractivity contribution in [2.24, 2.45) is 0 Å². The van der Waals surface area contributed by atoms with Crippen LogP contribution in [0, 0.1) is 0 Å². The Kier molecular flexibility index (Phi) is 2.00. The van der Waals surface area contributed by atoms with Crippen molar-refractivity contribution in [1.82, 2.24) is 9.55 Å². The molecule has 13 heavy (non-hydrogen) atoms. The predicted molar refractivity (Wildman–Crippen MR) is 55.1 cm³/mol. The van der Waals surface area contributed by atoms with Crippen LogP contribution in [0.25, 0.3) is 11.0 Å². The van der Waals surface area contributed by atoms with Gasteiger partial charge in [-0.25, -0.2) is 4.98 Å². The van der Waals surface area contributed by atoms with Gasteiger partial charge < -0.3 is 4.57 Å². The van der Waals surface area contributed by atoms with Crippen LogP contribution < -0.4 is 0 Å². The topological polar surface area (TPSA) is 17.8 Å². The van der Waals surface area contributed by atoms with Gasteiger partial charge in [0.1, 0.15) is 0 Å². The molecule has 0 spiro atoms. The highest BCUT2D eigenvalue weighted by atomic mass is 35.5. The molecule has 68 valence electrons. The van der Waals surface area contributed by atoms with Gasteiger partial charge in [0.2, 0.25) is 0 Å². The van der Waals surface area contributed by atoms with E-state index in [2.05, 4.69) is 23.4 Å². The zero-order valence-electron chi connectivity index (χ0n) is 7.66. The summed E-state index contributed by atoms with van der Waals surface area (Å²) in [5.74, 6) is 0. The first-order valence-corrected chi connectivity index (χ1v) is 4.68. The largest absolute Gasteiger partial charge is 0.328 e. The molecule has 0 atom stereocenters. The minimum Gasteiger partial charge on any atom is -0.328 e.